The molecule has 0 bridgehead atoms. The number of halogens is 2. The lowest BCUT2D eigenvalue weighted by atomic mass is 10.0. The molecular formula is C23H18BrClN2O3. The summed E-state index contributed by atoms with van der Waals surface area (Å²) in [4.78, 5) is 16.0. The highest BCUT2D eigenvalue weighted by atomic mass is 79.9. The van der Waals surface area contributed by atoms with Gasteiger partial charge in [-0.15, -0.1) is 0 Å². The Bertz CT molecular complexity index is 1070. The first-order valence-corrected chi connectivity index (χ1v) is 10.6. The van der Waals surface area contributed by atoms with Crippen LogP contribution in [0.4, 0.5) is 5.69 Å². The lowest BCUT2D eigenvalue weighted by Crippen LogP contribution is -2.06. The predicted molar refractivity (Wildman–Crippen MR) is 121 cm³/mol. The molecule has 3 aromatic carbocycles. The molecule has 1 fully saturated rings. The Labute approximate surface area is 187 Å². The minimum atomic E-state index is -0.418. The SMILES string of the molecule is O=[N+]([O-])c1ccc(CO/N=C(/c2ccc(Br)cc2)[C@@H]2C[C@@H]2c2ccc(Cl)cc2)cc1. The van der Waals surface area contributed by atoms with Gasteiger partial charge in [0, 0.05) is 27.5 Å². The fraction of sp³-hybridized carbons (Fsp3) is 0.174. The smallest absolute Gasteiger partial charge is 0.269 e. The zero-order chi connectivity index (χ0) is 21.1. The summed E-state index contributed by atoms with van der Waals surface area (Å²) < 4.78 is 1.00. The van der Waals surface area contributed by atoms with E-state index in [0.717, 1.165) is 32.8 Å². The van der Waals surface area contributed by atoms with Gasteiger partial charge in [-0.25, -0.2) is 0 Å². The lowest BCUT2D eigenvalue weighted by molar-refractivity contribution is -0.384. The van der Waals surface area contributed by atoms with E-state index in [0.29, 0.717) is 5.92 Å². The molecule has 0 unspecified atom stereocenters. The summed E-state index contributed by atoms with van der Waals surface area (Å²) in [6.07, 6.45) is 0.997. The van der Waals surface area contributed by atoms with Crippen molar-refractivity contribution in [3.63, 3.8) is 0 Å². The Morgan fingerprint density at radius 2 is 1.73 bits per heavy atom. The molecule has 5 nitrogen and oxygen atoms in total. The molecular weight excluding hydrogens is 468 g/mol. The van der Waals surface area contributed by atoms with Crippen LogP contribution in [0.25, 0.3) is 0 Å². The second-order valence-electron chi connectivity index (χ2n) is 7.18. The van der Waals surface area contributed by atoms with E-state index in [9.17, 15) is 10.1 Å². The van der Waals surface area contributed by atoms with Gasteiger partial charge in [-0.1, -0.05) is 57.0 Å². The number of nitrogens with zero attached hydrogens (tertiary/aromatic N) is 2. The minimum Gasteiger partial charge on any atom is -0.391 e. The molecule has 7 heteroatoms. The van der Waals surface area contributed by atoms with Crippen molar-refractivity contribution in [3.05, 3.63) is 109 Å². The van der Waals surface area contributed by atoms with Crippen molar-refractivity contribution in [2.75, 3.05) is 0 Å². The van der Waals surface area contributed by atoms with Gasteiger partial charge in [-0.05, 0) is 65.4 Å². The normalized spacial score (nSPS) is 18.1. The Morgan fingerprint density at radius 3 is 2.37 bits per heavy atom. The van der Waals surface area contributed by atoms with Gasteiger partial charge in [0.05, 0.1) is 10.6 Å². The van der Waals surface area contributed by atoms with Gasteiger partial charge in [0.1, 0.15) is 6.61 Å². The van der Waals surface area contributed by atoms with E-state index in [-0.39, 0.29) is 18.2 Å². The average molecular weight is 486 g/mol. The van der Waals surface area contributed by atoms with Crippen molar-refractivity contribution < 1.29 is 9.76 Å². The molecule has 2 atom stereocenters. The fourth-order valence-corrected chi connectivity index (χ4v) is 3.81. The van der Waals surface area contributed by atoms with E-state index in [4.69, 9.17) is 16.4 Å². The zero-order valence-electron chi connectivity index (χ0n) is 15.9. The number of benzene rings is 3. The summed E-state index contributed by atoms with van der Waals surface area (Å²) >= 11 is 9.48. The third-order valence-corrected chi connectivity index (χ3v) is 5.90. The summed E-state index contributed by atoms with van der Waals surface area (Å²) in [5.74, 6) is 0.650. The second-order valence-corrected chi connectivity index (χ2v) is 8.53. The van der Waals surface area contributed by atoms with E-state index < -0.39 is 4.92 Å². The average Bonchev–Trinajstić information content (AvgIpc) is 3.53. The lowest BCUT2D eigenvalue weighted by Gasteiger charge is -2.08. The van der Waals surface area contributed by atoms with Crippen molar-refractivity contribution >= 4 is 38.9 Å². The van der Waals surface area contributed by atoms with Crippen molar-refractivity contribution in [2.24, 2.45) is 11.1 Å². The Kier molecular flexibility index (Phi) is 6.16. The van der Waals surface area contributed by atoms with Gasteiger partial charge >= 0.3 is 0 Å². The molecule has 1 saturated carbocycles. The molecule has 1 aliphatic rings. The first-order chi connectivity index (χ1) is 14.5. The molecule has 30 heavy (non-hydrogen) atoms. The summed E-state index contributed by atoms with van der Waals surface area (Å²) in [5.41, 5.74) is 4.04. The maximum absolute atomic E-state index is 10.8. The summed E-state index contributed by atoms with van der Waals surface area (Å²) in [6.45, 7) is 0.246. The number of rotatable bonds is 7. The van der Waals surface area contributed by atoms with Gasteiger partial charge in [-0.2, -0.15) is 0 Å². The number of nitro benzene ring substituents is 1. The highest BCUT2D eigenvalue weighted by Crippen LogP contribution is 2.49. The standard InChI is InChI=1S/C23H18BrClN2O3/c24-18-7-3-17(4-8-18)23(22-13-21(22)16-5-9-19(25)10-6-16)26-30-14-15-1-11-20(12-2-15)27(28)29/h1-12,21-22H,13-14H2/b26-23-/t21-,22-/m1/s1. The molecule has 0 radical (unpaired) electrons. The third-order valence-electron chi connectivity index (χ3n) is 5.12. The zero-order valence-corrected chi connectivity index (χ0v) is 18.2. The molecule has 0 aliphatic heterocycles. The van der Waals surface area contributed by atoms with Gasteiger partial charge in [0.2, 0.25) is 0 Å². The van der Waals surface area contributed by atoms with Crippen LogP contribution in [0.5, 0.6) is 0 Å². The van der Waals surface area contributed by atoms with Crippen LogP contribution in [0.15, 0.2) is 82.4 Å². The molecule has 0 amide bonds. The van der Waals surface area contributed by atoms with Gasteiger partial charge in [-0.3, -0.25) is 10.1 Å². The van der Waals surface area contributed by atoms with Crippen molar-refractivity contribution in [1.82, 2.24) is 0 Å². The van der Waals surface area contributed by atoms with E-state index in [1.807, 2.05) is 36.4 Å². The molecule has 1 aliphatic carbocycles. The van der Waals surface area contributed by atoms with Gasteiger partial charge < -0.3 is 4.84 Å². The number of non-ortho nitro benzene ring substituents is 1. The number of oxime groups is 1. The Hall–Kier alpha value is -2.70. The molecule has 0 aromatic heterocycles. The van der Waals surface area contributed by atoms with E-state index in [2.05, 4.69) is 33.2 Å². The van der Waals surface area contributed by atoms with E-state index in [1.165, 1.54) is 17.7 Å². The van der Waals surface area contributed by atoms with E-state index >= 15 is 0 Å². The quantitative estimate of drug-likeness (QED) is 0.211. The molecule has 0 spiro atoms. The molecule has 0 saturated heterocycles. The Balaban J connectivity index is 1.51. The highest BCUT2D eigenvalue weighted by Gasteiger charge is 2.43. The maximum atomic E-state index is 10.8. The van der Waals surface area contributed by atoms with Crippen molar-refractivity contribution in [3.8, 4) is 0 Å². The number of hydrogen-bond acceptors (Lipinski definition) is 4. The minimum absolute atomic E-state index is 0.0570. The van der Waals surface area contributed by atoms with Crippen molar-refractivity contribution in [2.45, 2.75) is 18.9 Å². The largest absolute Gasteiger partial charge is 0.391 e. The topological polar surface area (TPSA) is 64.7 Å². The van der Waals surface area contributed by atoms with Crippen LogP contribution in [-0.4, -0.2) is 10.6 Å². The molecule has 4 rings (SSSR count). The summed E-state index contributed by atoms with van der Waals surface area (Å²) in [6, 6.07) is 22.3. The predicted octanol–water partition coefficient (Wildman–Crippen LogP) is 6.74. The molecule has 0 N–H and O–H groups in total. The molecule has 3 aromatic rings. The van der Waals surface area contributed by atoms with Crippen LogP contribution in [0.2, 0.25) is 5.02 Å². The van der Waals surface area contributed by atoms with Gasteiger partial charge in [0.25, 0.3) is 5.69 Å². The molecule has 0 heterocycles. The van der Waals surface area contributed by atoms with Crippen LogP contribution in [0, 0.1) is 16.0 Å². The second kappa shape index (κ2) is 8.98. The van der Waals surface area contributed by atoms with Crippen LogP contribution in [0.1, 0.15) is 29.0 Å². The van der Waals surface area contributed by atoms with E-state index in [1.54, 1.807) is 12.1 Å². The van der Waals surface area contributed by atoms with Crippen molar-refractivity contribution in [1.29, 1.82) is 0 Å². The highest BCUT2D eigenvalue weighted by molar-refractivity contribution is 9.10. The van der Waals surface area contributed by atoms with Gasteiger partial charge in [0.15, 0.2) is 0 Å². The van der Waals surface area contributed by atoms with Crippen LogP contribution >= 0.6 is 27.5 Å². The van der Waals surface area contributed by atoms with Crippen LogP contribution < -0.4 is 0 Å². The summed E-state index contributed by atoms with van der Waals surface area (Å²) in [7, 11) is 0. The van der Waals surface area contributed by atoms with Crippen LogP contribution in [0.3, 0.4) is 0 Å². The molecule has 152 valence electrons. The number of hydrogen-bond donors (Lipinski definition) is 0. The monoisotopic (exact) mass is 484 g/mol. The third kappa shape index (κ3) is 4.89. The Morgan fingerprint density at radius 1 is 1.07 bits per heavy atom. The summed E-state index contributed by atoms with van der Waals surface area (Å²) in [5, 5.41) is 16.0. The maximum Gasteiger partial charge on any atom is 0.269 e. The first-order valence-electron chi connectivity index (χ1n) is 9.46. The number of nitro groups is 1. The first kappa shape index (κ1) is 20.6. The fourth-order valence-electron chi connectivity index (χ4n) is 3.42. The van der Waals surface area contributed by atoms with Crippen LogP contribution in [-0.2, 0) is 11.4 Å².